The van der Waals surface area contributed by atoms with Gasteiger partial charge in [0.1, 0.15) is 0 Å². The number of likely N-dealkylation sites (N-methyl/N-ethyl adjacent to an activating group) is 1. The molecule has 1 amide bonds. The number of hydrogen-bond donors (Lipinski definition) is 3. The Kier molecular flexibility index (Phi) is 4.08. The topological polar surface area (TPSA) is 101 Å². The van der Waals surface area contributed by atoms with Crippen molar-refractivity contribution in [3.63, 3.8) is 0 Å². The average Bonchev–Trinajstić information content (AvgIpc) is 2.27. The average molecular weight is 257 g/mol. The van der Waals surface area contributed by atoms with Gasteiger partial charge in [0.2, 0.25) is 15.9 Å². The van der Waals surface area contributed by atoms with E-state index in [4.69, 9.17) is 5.73 Å². The normalized spacial score (nSPS) is 13.1. The molecule has 1 aromatic rings. The number of sulfonamides is 1. The van der Waals surface area contributed by atoms with Crippen LogP contribution in [0.5, 0.6) is 0 Å². The molecule has 0 bridgehead atoms. The van der Waals surface area contributed by atoms with Crippen LogP contribution in [0.25, 0.3) is 0 Å². The molecule has 0 saturated carbocycles. The molecule has 0 aliphatic carbocycles. The van der Waals surface area contributed by atoms with E-state index in [1.54, 1.807) is 0 Å². The van der Waals surface area contributed by atoms with Crippen molar-refractivity contribution in [2.45, 2.75) is 17.9 Å². The molecule has 1 unspecified atom stereocenters. The Balaban J connectivity index is 2.89. The number of rotatable bonds is 4. The highest BCUT2D eigenvalue weighted by Gasteiger charge is 2.20. The molecule has 1 atom stereocenters. The molecule has 0 heterocycles. The second-order valence-corrected chi connectivity index (χ2v) is 5.24. The quantitative estimate of drug-likeness (QED) is 0.643. The lowest BCUT2D eigenvalue weighted by molar-refractivity contribution is -0.121. The first-order chi connectivity index (χ1) is 7.86. The Labute approximate surface area is 100 Å². The summed E-state index contributed by atoms with van der Waals surface area (Å²) in [5.74, 6) is -0.399. The second kappa shape index (κ2) is 5.15. The Morgan fingerprint density at radius 2 is 1.82 bits per heavy atom. The van der Waals surface area contributed by atoms with Gasteiger partial charge in [0.05, 0.1) is 10.9 Å². The van der Waals surface area contributed by atoms with Crippen LogP contribution >= 0.6 is 0 Å². The van der Waals surface area contributed by atoms with Crippen molar-refractivity contribution in [3.05, 3.63) is 24.3 Å². The summed E-state index contributed by atoms with van der Waals surface area (Å²) in [6.45, 7) is 1.47. The van der Waals surface area contributed by atoms with Crippen LogP contribution in [-0.2, 0) is 14.8 Å². The van der Waals surface area contributed by atoms with Gasteiger partial charge in [0, 0.05) is 12.7 Å². The van der Waals surface area contributed by atoms with Crippen molar-refractivity contribution in [2.75, 3.05) is 12.8 Å². The molecule has 0 fully saturated rings. The molecule has 7 heteroatoms. The molecule has 0 aromatic heterocycles. The maximum absolute atomic E-state index is 11.8. The van der Waals surface area contributed by atoms with Crippen LogP contribution in [-0.4, -0.2) is 27.4 Å². The molecule has 0 aliphatic rings. The minimum Gasteiger partial charge on any atom is -0.399 e. The first-order valence-corrected chi connectivity index (χ1v) is 6.44. The zero-order chi connectivity index (χ0) is 13.1. The first-order valence-electron chi connectivity index (χ1n) is 4.96. The van der Waals surface area contributed by atoms with Gasteiger partial charge >= 0.3 is 0 Å². The lowest BCUT2D eigenvalue weighted by Crippen LogP contribution is -2.43. The van der Waals surface area contributed by atoms with E-state index in [0.29, 0.717) is 5.69 Å². The van der Waals surface area contributed by atoms with E-state index in [1.807, 2.05) is 0 Å². The maximum Gasteiger partial charge on any atom is 0.241 e. The molecule has 0 radical (unpaired) electrons. The molecule has 0 aliphatic heterocycles. The van der Waals surface area contributed by atoms with Gasteiger partial charge in [-0.05, 0) is 31.2 Å². The van der Waals surface area contributed by atoms with Crippen molar-refractivity contribution in [1.29, 1.82) is 0 Å². The molecule has 1 aromatic carbocycles. The summed E-state index contributed by atoms with van der Waals surface area (Å²) >= 11 is 0. The van der Waals surface area contributed by atoms with Gasteiger partial charge in [-0.3, -0.25) is 4.79 Å². The van der Waals surface area contributed by atoms with E-state index < -0.39 is 22.0 Å². The fourth-order valence-corrected chi connectivity index (χ4v) is 2.42. The molecule has 1 rings (SSSR count). The molecular weight excluding hydrogens is 242 g/mol. The lowest BCUT2D eigenvalue weighted by atomic mass is 10.3. The van der Waals surface area contributed by atoms with Gasteiger partial charge in [-0.25, -0.2) is 8.42 Å². The highest BCUT2D eigenvalue weighted by atomic mass is 32.2. The third-order valence-electron chi connectivity index (χ3n) is 2.16. The molecule has 4 N–H and O–H groups in total. The molecular formula is C10H15N3O3S. The summed E-state index contributed by atoms with van der Waals surface area (Å²) in [6.07, 6.45) is 0. The van der Waals surface area contributed by atoms with Crippen LogP contribution in [0.3, 0.4) is 0 Å². The summed E-state index contributed by atoms with van der Waals surface area (Å²) in [7, 11) is -2.26. The number of nitrogens with one attached hydrogen (secondary N) is 2. The predicted molar refractivity (Wildman–Crippen MR) is 64.7 cm³/mol. The van der Waals surface area contributed by atoms with E-state index in [2.05, 4.69) is 10.0 Å². The Bertz CT molecular complexity index is 496. The molecule has 94 valence electrons. The third-order valence-corrected chi connectivity index (χ3v) is 3.72. The number of carbonyl (C=O) groups is 1. The number of benzene rings is 1. The van der Waals surface area contributed by atoms with Crippen LogP contribution in [0, 0.1) is 0 Å². The Morgan fingerprint density at radius 1 is 1.29 bits per heavy atom. The van der Waals surface area contributed by atoms with Gasteiger partial charge in [0.15, 0.2) is 0 Å². The molecule has 17 heavy (non-hydrogen) atoms. The highest BCUT2D eigenvalue weighted by molar-refractivity contribution is 7.89. The summed E-state index contributed by atoms with van der Waals surface area (Å²) in [6, 6.07) is 4.91. The predicted octanol–water partition coefficient (Wildman–Crippen LogP) is -0.318. The number of nitrogen functional groups attached to an aromatic ring is 1. The fourth-order valence-electron chi connectivity index (χ4n) is 1.22. The van der Waals surface area contributed by atoms with E-state index in [0.717, 1.165) is 0 Å². The van der Waals surface area contributed by atoms with Crippen LogP contribution in [0.15, 0.2) is 29.2 Å². The number of amides is 1. The van der Waals surface area contributed by atoms with Crippen LogP contribution in [0.2, 0.25) is 0 Å². The summed E-state index contributed by atoms with van der Waals surface area (Å²) in [5.41, 5.74) is 5.94. The number of hydrogen-bond acceptors (Lipinski definition) is 4. The standard InChI is InChI=1S/C10H15N3O3S/c1-7(10(14)12-2)13-17(15,16)9-5-3-8(11)4-6-9/h3-7,13H,11H2,1-2H3,(H,12,14). The van der Waals surface area contributed by atoms with Crippen molar-refractivity contribution in [2.24, 2.45) is 0 Å². The number of anilines is 1. The van der Waals surface area contributed by atoms with Gasteiger partial charge in [0.25, 0.3) is 0 Å². The summed E-state index contributed by atoms with van der Waals surface area (Å²) < 4.78 is 25.9. The molecule has 0 spiro atoms. The SMILES string of the molecule is CNC(=O)C(C)NS(=O)(=O)c1ccc(N)cc1. The second-order valence-electron chi connectivity index (χ2n) is 3.53. The van der Waals surface area contributed by atoms with Crippen molar-refractivity contribution < 1.29 is 13.2 Å². The highest BCUT2D eigenvalue weighted by Crippen LogP contribution is 2.11. The number of nitrogens with two attached hydrogens (primary N) is 1. The van der Waals surface area contributed by atoms with E-state index >= 15 is 0 Å². The van der Waals surface area contributed by atoms with Crippen LogP contribution in [0.4, 0.5) is 5.69 Å². The maximum atomic E-state index is 11.8. The number of carbonyl (C=O) groups excluding carboxylic acids is 1. The van der Waals surface area contributed by atoms with E-state index in [-0.39, 0.29) is 4.90 Å². The summed E-state index contributed by atoms with van der Waals surface area (Å²) in [5, 5.41) is 2.36. The van der Waals surface area contributed by atoms with Crippen molar-refractivity contribution in [1.82, 2.24) is 10.0 Å². The van der Waals surface area contributed by atoms with Crippen molar-refractivity contribution >= 4 is 21.6 Å². The Morgan fingerprint density at radius 3 is 2.29 bits per heavy atom. The first kappa shape index (κ1) is 13.5. The van der Waals surface area contributed by atoms with Gasteiger partial charge in [-0.2, -0.15) is 4.72 Å². The van der Waals surface area contributed by atoms with Crippen molar-refractivity contribution in [3.8, 4) is 0 Å². The molecule has 0 saturated heterocycles. The lowest BCUT2D eigenvalue weighted by Gasteiger charge is -2.12. The van der Waals surface area contributed by atoms with Gasteiger partial charge in [-0.1, -0.05) is 0 Å². The van der Waals surface area contributed by atoms with Crippen LogP contribution in [0.1, 0.15) is 6.92 Å². The Hall–Kier alpha value is -1.60. The van der Waals surface area contributed by atoms with E-state index in [9.17, 15) is 13.2 Å². The minimum absolute atomic E-state index is 0.0717. The summed E-state index contributed by atoms with van der Waals surface area (Å²) in [4.78, 5) is 11.3. The zero-order valence-corrected chi connectivity index (χ0v) is 10.4. The monoisotopic (exact) mass is 257 g/mol. The zero-order valence-electron chi connectivity index (χ0n) is 9.60. The third kappa shape index (κ3) is 3.43. The smallest absolute Gasteiger partial charge is 0.241 e. The minimum atomic E-state index is -3.70. The largest absolute Gasteiger partial charge is 0.399 e. The van der Waals surface area contributed by atoms with Gasteiger partial charge < -0.3 is 11.1 Å². The van der Waals surface area contributed by atoms with Crippen LogP contribution < -0.4 is 15.8 Å². The van der Waals surface area contributed by atoms with Gasteiger partial charge in [-0.15, -0.1) is 0 Å². The van der Waals surface area contributed by atoms with E-state index in [1.165, 1.54) is 38.2 Å². The fraction of sp³-hybridized carbons (Fsp3) is 0.300. The molecule has 6 nitrogen and oxygen atoms in total.